The van der Waals surface area contributed by atoms with Crippen LogP contribution in [0.15, 0.2) is 42.5 Å². The lowest BCUT2D eigenvalue weighted by Gasteiger charge is -2.33. The molecule has 0 spiro atoms. The van der Waals surface area contributed by atoms with Crippen molar-refractivity contribution < 1.29 is 24.2 Å². The van der Waals surface area contributed by atoms with Gasteiger partial charge in [0.1, 0.15) is 5.60 Å². The van der Waals surface area contributed by atoms with Crippen molar-refractivity contribution in [2.75, 3.05) is 19.7 Å². The van der Waals surface area contributed by atoms with Crippen LogP contribution in [0.1, 0.15) is 49.5 Å². The van der Waals surface area contributed by atoms with Gasteiger partial charge >= 0.3 is 12.1 Å². The van der Waals surface area contributed by atoms with E-state index in [2.05, 4.69) is 4.85 Å². The van der Waals surface area contributed by atoms with Gasteiger partial charge in [-0.2, -0.15) is 0 Å². The molecule has 0 aliphatic carbocycles. The summed E-state index contributed by atoms with van der Waals surface area (Å²) in [5, 5.41) is 9.52. The molecule has 0 saturated carbocycles. The maximum absolute atomic E-state index is 12.2. The molecule has 2 aromatic carbocycles. The molecule has 1 N–H and O–H groups in total. The molecule has 0 bridgehead atoms. The number of nitrogens with zero attached hydrogens (tertiary/aromatic N) is 2. The molecule has 33 heavy (non-hydrogen) atoms. The smallest absolute Gasteiger partial charge is 0.410 e. The molecule has 7 nitrogen and oxygen atoms in total. The third-order valence-electron chi connectivity index (χ3n) is 5.44. The van der Waals surface area contributed by atoms with Gasteiger partial charge in [-0.25, -0.2) is 14.4 Å². The zero-order valence-corrected chi connectivity index (χ0v) is 19.3. The summed E-state index contributed by atoms with van der Waals surface area (Å²) in [6.45, 7) is 14.9. The van der Waals surface area contributed by atoms with Crippen molar-refractivity contribution in [1.29, 1.82) is 0 Å². The van der Waals surface area contributed by atoms with Gasteiger partial charge in [0.15, 0.2) is 5.69 Å². The van der Waals surface area contributed by atoms with Crippen LogP contribution in [0.5, 0.6) is 0 Å². The van der Waals surface area contributed by atoms with Crippen molar-refractivity contribution in [2.24, 2.45) is 5.92 Å². The minimum Gasteiger partial charge on any atom is -0.478 e. The van der Waals surface area contributed by atoms with Crippen LogP contribution in [0.4, 0.5) is 10.5 Å². The number of amides is 1. The van der Waals surface area contributed by atoms with E-state index in [0.29, 0.717) is 37.9 Å². The number of aromatic carboxylic acids is 1. The van der Waals surface area contributed by atoms with Gasteiger partial charge in [-0.1, -0.05) is 18.2 Å². The largest absolute Gasteiger partial charge is 0.478 e. The zero-order valence-electron chi connectivity index (χ0n) is 19.3. The number of hydrogen-bond donors (Lipinski definition) is 1. The Hall–Kier alpha value is -3.37. The van der Waals surface area contributed by atoms with Crippen LogP contribution in [-0.2, 0) is 16.1 Å². The first-order chi connectivity index (χ1) is 15.6. The second kappa shape index (κ2) is 10.5. The molecule has 0 radical (unpaired) electrons. The molecule has 1 aliphatic rings. The molecule has 2 aromatic rings. The number of piperidine rings is 1. The van der Waals surface area contributed by atoms with Gasteiger partial charge in [0, 0.05) is 19.7 Å². The van der Waals surface area contributed by atoms with Gasteiger partial charge in [-0.3, -0.25) is 0 Å². The van der Waals surface area contributed by atoms with Crippen LogP contribution >= 0.6 is 0 Å². The molecule has 1 aliphatic heterocycles. The van der Waals surface area contributed by atoms with Crippen molar-refractivity contribution in [1.82, 2.24) is 4.90 Å². The lowest BCUT2D eigenvalue weighted by molar-refractivity contribution is 0.0105. The normalized spacial score (nSPS) is 14.5. The van der Waals surface area contributed by atoms with Gasteiger partial charge in [0.25, 0.3) is 0 Å². The van der Waals surface area contributed by atoms with Crippen molar-refractivity contribution in [3.63, 3.8) is 0 Å². The van der Waals surface area contributed by atoms with Crippen molar-refractivity contribution >= 4 is 17.7 Å². The Morgan fingerprint density at radius 1 is 1.12 bits per heavy atom. The summed E-state index contributed by atoms with van der Waals surface area (Å²) in [5.41, 5.74) is 2.49. The molecule has 3 rings (SSSR count). The van der Waals surface area contributed by atoms with E-state index in [-0.39, 0.29) is 11.7 Å². The Morgan fingerprint density at radius 2 is 1.85 bits per heavy atom. The van der Waals surface area contributed by atoms with E-state index in [1.807, 2.05) is 32.9 Å². The molecule has 174 valence electrons. The van der Waals surface area contributed by atoms with E-state index in [0.717, 1.165) is 29.5 Å². The molecule has 0 aromatic heterocycles. The Bertz CT molecular complexity index is 1040. The lowest BCUT2D eigenvalue weighted by atomic mass is 9.98. The number of rotatable bonds is 6. The number of benzene rings is 2. The molecular formula is C26H30N2O5. The topological polar surface area (TPSA) is 80.4 Å². The zero-order chi connectivity index (χ0) is 24.0. The van der Waals surface area contributed by atoms with Gasteiger partial charge in [0.05, 0.1) is 18.7 Å². The highest BCUT2D eigenvalue weighted by Gasteiger charge is 2.26. The van der Waals surface area contributed by atoms with E-state index in [9.17, 15) is 14.7 Å². The minimum atomic E-state index is -1.01. The fourth-order valence-electron chi connectivity index (χ4n) is 3.77. The molecule has 1 amide bonds. The lowest BCUT2D eigenvalue weighted by Crippen LogP contribution is -2.42. The minimum absolute atomic E-state index is 0.185. The van der Waals surface area contributed by atoms with Crippen LogP contribution in [-0.4, -0.2) is 47.4 Å². The second-order valence-corrected chi connectivity index (χ2v) is 9.31. The number of carboxylic acids is 1. The number of carbonyl (C=O) groups excluding carboxylic acids is 1. The van der Waals surface area contributed by atoms with E-state index in [1.165, 1.54) is 0 Å². The predicted octanol–water partition coefficient (Wildman–Crippen LogP) is 5.77. The van der Waals surface area contributed by atoms with Crippen LogP contribution < -0.4 is 0 Å². The highest BCUT2D eigenvalue weighted by molar-refractivity contribution is 5.90. The number of carboxylic acid groups (broad SMARTS) is 1. The fraction of sp³-hybridized carbons (Fsp3) is 0.423. The Kier molecular flexibility index (Phi) is 7.72. The van der Waals surface area contributed by atoms with Gasteiger partial charge in [-0.05, 0) is 80.5 Å². The fourth-order valence-corrected chi connectivity index (χ4v) is 3.77. The maximum atomic E-state index is 12.2. The summed E-state index contributed by atoms with van der Waals surface area (Å²) < 4.78 is 11.4. The number of likely N-dealkylation sites (tertiary alicyclic amines) is 1. The summed E-state index contributed by atoms with van der Waals surface area (Å²) in [6.07, 6.45) is 1.40. The standard InChI is InChI=1S/C26H30N2O5/c1-26(2,3)33-25(31)28-10-8-18(9-11-28)16-32-17-19-12-21(14-22(13-19)24(29)30)20-6-5-7-23(15-20)27-4/h5-7,12-15,18H,8-11,16-17H2,1-3H3,(H,29,30). The van der Waals surface area contributed by atoms with E-state index < -0.39 is 11.6 Å². The van der Waals surface area contributed by atoms with Crippen molar-refractivity contribution in [3.8, 4) is 11.1 Å². The third kappa shape index (κ3) is 7.06. The Morgan fingerprint density at radius 3 is 2.48 bits per heavy atom. The molecule has 7 heteroatoms. The average molecular weight is 451 g/mol. The molecule has 1 saturated heterocycles. The SMILES string of the molecule is [C-]#[N+]c1cccc(-c2cc(COCC3CCN(C(=O)OC(C)(C)C)CC3)cc(C(=O)O)c2)c1. The second-order valence-electron chi connectivity index (χ2n) is 9.31. The van der Waals surface area contributed by atoms with Gasteiger partial charge in [0.2, 0.25) is 0 Å². The summed E-state index contributed by atoms with van der Waals surface area (Å²) in [6, 6.07) is 12.2. The Balaban J connectivity index is 1.58. The molecule has 1 heterocycles. The van der Waals surface area contributed by atoms with E-state index in [4.69, 9.17) is 16.0 Å². The van der Waals surface area contributed by atoms with Crippen LogP contribution in [0.25, 0.3) is 16.0 Å². The van der Waals surface area contributed by atoms with Gasteiger partial charge < -0.3 is 19.5 Å². The number of ether oxygens (including phenoxy) is 2. The molecule has 0 unspecified atom stereocenters. The number of carbonyl (C=O) groups is 2. The summed E-state index contributed by atoms with van der Waals surface area (Å²) in [4.78, 5) is 29.0. The van der Waals surface area contributed by atoms with E-state index >= 15 is 0 Å². The maximum Gasteiger partial charge on any atom is 0.410 e. The van der Waals surface area contributed by atoms with Gasteiger partial charge in [-0.15, -0.1) is 0 Å². The first-order valence-electron chi connectivity index (χ1n) is 11.1. The molecular weight excluding hydrogens is 420 g/mol. The first-order valence-corrected chi connectivity index (χ1v) is 11.1. The molecule has 0 atom stereocenters. The predicted molar refractivity (Wildman–Crippen MR) is 125 cm³/mol. The quantitative estimate of drug-likeness (QED) is 0.566. The highest BCUT2D eigenvalue weighted by Crippen LogP contribution is 2.27. The highest BCUT2D eigenvalue weighted by atomic mass is 16.6. The summed E-state index contributed by atoms with van der Waals surface area (Å²) in [7, 11) is 0. The van der Waals surface area contributed by atoms with E-state index in [1.54, 1.807) is 35.2 Å². The van der Waals surface area contributed by atoms with Crippen LogP contribution in [0, 0.1) is 12.5 Å². The van der Waals surface area contributed by atoms with Crippen LogP contribution in [0.2, 0.25) is 0 Å². The van der Waals surface area contributed by atoms with Crippen molar-refractivity contribution in [3.05, 3.63) is 65.0 Å². The summed E-state index contributed by atoms with van der Waals surface area (Å²) >= 11 is 0. The first kappa shape index (κ1) is 24.3. The Labute approximate surface area is 194 Å². The molecule has 1 fully saturated rings. The number of hydrogen-bond acceptors (Lipinski definition) is 4. The third-order valence-corrected chi connectivity index (χ3v) is 5.44. The average Bonchev–Trinajstić information content (AvgIpc) is 2.78. The van der Waals surface area contributed by atoms with Crippen LogP contribution in [0.3, 0.4) is 0 Å². The van der Waals surface area contributed by atoms with Crippen molar-refractivity contribution in [2.45, 2.75) is 45.8 Å². The summed E-state index contributed by atoms with van der Waals surface area (Å²) in [5.74, 6) is -0.671. The monoisotopic (exact) mass is 450 g/mol.